The average molecular weight is 230 g/mol. The first-order valence-corrected chi connectivity index (χ1v) is 5.47. The molecule has 0 saturated carbocycles. The van der Waals surface area contributed by atoms with Crippen LogP contribution in [0.1, 0.15) is 16.1 Å². The number of hydrogen-bond acceptors (Lipinski definition) is 4. The van der Waals surface area contributed by atoms with E-state index in [4.69, 9.17) is 5.73 Å². The first kappa shape index (κ1) is 11.5. The Morgan fingerprint density at radius 1 is 1.29 bits per heavy atom. The van der Waals surface area contributed by atoms with Crippen LogP contribution in [0.25, 0.3) is 0 Å². The number of nitrogens with two attached hydrogens (primary N) is 1. The van der Waals surface area contributed by atoms with E-state index in [-0.39, 0.29) is 5.78 Å². The molecule has 0 fully saturated rings. The van der Waals surface area contributed by atoms with Gasteiger partial charge in [-0.25, -0.2) is 0 Å². The summed E-state index contributed by atoms with van der Waals surface area (Å²) < 4.78 is 1.58. The van der Waals surface area contributed by atoms with Gasteiger partial charge >= 0.3 is 0 Å². The third-order valence-electron chi connectivity index (χ3n) is 2.39. The summed E-state index contributed by atoms with van der Waals surface area (Å²) in [5.74, 6) is -0.0283. The maximum Gasteiger partial charge on any atom is 0.189 e. The van der Waals surface area contributed by atoms with Crippen LogP contribution in [0.15, 0.2) is 36.5 Å². The summed E-state index contributed by atoms with van der Waals surface area (Å²) in [5, 5.41) is 7.67. The highest BCUT2D eigenvalue weighted by molar-refractivity contribution is 5.95. The quantitative estimate of drug-likeness (QED) is 0.766. The Kier molecular flexibility index (Phi) is 3.62. The van der Waals surface area contributed by atoms with Gasteiger partial charge in [-0.3, -0.25) is 9.48 Å². The van der Waals surface area contributed by atoms with Crippen molar-refractivity contribution in [2.24, 2.45) is 5.73 Å². The molecule has 0 aliphatic carbocycles. The van der Waals surface area contributed by atoms with Crippen molar-refractivity contribution in [3.05, 3.63) is 47.8 Å². The van der Waals surface area contributed by atoms with E-state index in [9.17, 15) is 4.79 Å². The Morgan fingerprint density at radius 2 is 2.06 bits per heavy atom. The van der Waals surface area contributed by atoms with Gasteiger partial charge < -0.3 is 5.73 Å². The summed E-state index contributed by atoms with van der Waals surface area (Å²) in [6.07, 6.45) is 1.99. The zero-order valence-corrected chi connectivity index (χ0v) is 9.41. The molecule has 2 N–H and O–H groups in total. The van der Waals surface area contributed by atoms with Crippen molar-refractivity contribution in [2.75, 3.05) is 6.54 Å². The predicted octanol–water partition coefficient (Wildman–Crippen LogP) is 0.662. The average Bonchev–Trinajstić information content (AvgIpc) is 2.79. The van der Waals surface area contributed by atoms with Crippen LogP contribution in [0.5, 0.6) is 0 Å². The van der Waals surface area contributed by atoms with Gasteiger partial charge in [-0.1, -0.05) is 35.5 Å². The second-order valence-corrected chi connectivity index (χ2v) is 3.74. The van der Waals surface area contributed by atoms with E-state index in [0.717, 1.165) is 5.56 Å². The summed E-state index contributed by atoms with van der Waals surface area (Å²) in [7, 11) is 0. The highest BCUT2D eigenvalue weighted by Gasteiger charge is 2.11. The third kappa shape index (κ3) is 2.98. The SMILES string of the molecule is NCCn1cc(C(=O)Cc2ccccc2)nn1. The van der Waals surface area contributed by atoms with E-state index in [0.29, 0.717) is 25.2 Å². The van der Waals surface area contributed by atoms with Crippen LogP contribution in [-0.2, 0) is 13.0 Å². The Hall–Kier alpha value is -2.01. The molecule has 2 aromatic rings. The lowest BCUT2D eigenvalue weighted by molar-refractivity contribution is 0.0988. The predicted molar refractivity (Wildman–Crippen MR) is 63.6 cm³/mol. The molecule has 88 valence electrons. The molecule has 1 heterocycles. The summed E-state index contributed by atoms with van der Waals surface area (Å²) in [5.41, 5.74) is 6.76. The summed E-state index contributed by atoms with van der Waals surface area (Å²) in [4.78, 5) is 11.9. The van der Waals surface area contributed by atoms with Crippen LogP contribution in [-0.4, -0.2) is 27.3 Å². The van der Waals surface area contributed by atoms with Gasteiger partial charge in [0, 0.05) is 13.0 Å². The standard InChI is InChI=1S/C12H14N4O/c13-6-7-16-9-11(14-15-16)12(17)8-10-4-2-1-3-5-10/h1-5,9H,6-8,13H2. The molecule has 2 rings (SSSR count). The summed E-state index contributed by atoms with van der Waals surface area (Å²) in [6, 6.07) is 9.58. The maximum absolute atomic E-state index is 11.9. The number of rotatable bonds is 5. The molecule has 0 saturated heterocycles. The normalized spacial score (nSPS) is 10.4. The highest BCUT2D eigenvalue weighted by Crippen LogP contribution is 2.04. The van der Waals surface area contributed by atoms with Crippen molar-refractivity contribution < 1.29 is 4.79 Å². The van der Waals surface area contributed by atoms with Crippen LogP contribution in [0, 0.1) is 0 Å². The molecule has 0 atom stereocenters. The minimum atomic E-state index is -0.0283. The van der Waals surface area contributed by atoms with Gasteiger partial charge in [0.1, 0.15) is 5.69 Å². The second kappa shape index (κ2) is 5.36. The molecule has 0 spiro atoms. The van der Waals surface area contributed by atoms with E-state index in [2.05, 4.69) is 10.3 Å². The van der Waals surface area contributed by atoms with E-state index < -0.39 is 0 Å². The first-order chi connectivity index (χ1) is 8.29. The molecule has 0 aliphatic heterocycles. The van der Waals surface area contributed by atoms with E-state index in [1.165, 1.54) is 0 Å². The molecule has 1 aromatic carbocycles. The van der Waals surface area contributed by atoms with Crippen LogP contribution in [0.2, 0.25) is 0 Å². The molecule has 5 heteroatoms. The lowest BCUT2D eigenvalue weighted by Gasteiger charge is -1.97. The first-order valence-electron chi connectivity index (χ1n) is 5.47. The fourth-order valence-electron chi connectivity index (χ4n) is 1.54. The minimum Gasteiger partial charge on any atom is -0.329 e. The van der Waals surface area contributed by atoms with Gasteiger partial charge in [0.2, 0.25) is 0 Å². The van der Waals surface area contributed by atoms with E-state index >= 15 is 0 Å². The van der Waals surface area contributed by atoms with Crippen molar-refractivity contribution in [3.8, 4) is 0 Å². The van der Waals surface area contributed by atoms with Gasteiger partial charge in [0.05, 0.1) is 12.7 Å². The summed E-state index contributed by atoms with van der Waals surface area (Å²) >= 11 is 0. The van der Waals surface area contributed by atoms with Gasteiger partial charge in [-0.05, 0) is 5.56 Å². The number of hydrogen-bond donors (Lipinski definition) is 1. The third-order valence-corrected chi connectivity index (χ3v) is 2.39. The van der Waals surface area contributed by atoms with Crippen molar-refractivity contribution in [1.82, 2.24) is 15.0 Å². The van der Waals surface area contributed by atoms with Crippen LogP contribution < -0.4 is 5.73 Å². The van der Waals surface area contributed by atoms with Crippen LogP contribution in [0.3, 0.4) is 0 Å². The molecular formula is C12H14N4O. The highest BCUT2D eigenvalue weighted by atomic mass is 16.1. The zero-order valence-electron chi connectivity index (χ0n) is 9.41. The molecule has 1 aromatic heterocycles. The lowest BCUT2D eigenvalue weighted by atomic mass is 10.1. The Morgan fingerprint density at radius 3 is 2.76 bits per heavy atom. The Labute approximate surface area is 99.2 Å². The molecular weight excluding hydrogens is 216 g/mol. The largest absolute Gasteiger partial charge is 0.329 e. The molecule has 0 radical (unpaired) electrons. The number of carbonyl (C=O) groups is 1. The molecule has 0 amide bonds. The number of benzene rings is 1. The second-order valence-electron chi connectivity index (χ2n) is 3.74. The van der Waals surface area contributed by atoms with Crippen LogP contribution >= 0.6 is 0 Å². The van der Waals surface area contributed by atoms with E-state index in [1.807, 2.05) is 30.3 Å². The summed E-state index contributed by atoms with van der Waals surface area (Å²) in [6.45, 7) is 1.06. The maximum atomic E-state index is 11.9. The molecule has 0 aliphatic rings. The minimum absolute atomic E-state index is 0.0283. The van der Waals surface area contributed by atoms with Crippen LogP contribution in [0.4, 0.5) is 0 Å². The van der Waals surface area contributed by atoms with Crippen molar-refractivity contribution in [1.29, 1.82) is 0 Å². The number of aromatic nitrogens is 3. The Balaban J connectivity index is 2.04. The topological polar surface area (TPSA) is 73.8 Å². The van der Waals surface area contributed by atoms with Crippen molar-refractivity contribution >= 4 is 5.78 Å². The fraction of sp³-hybridized carbons (Fsp3) is 0.250. The van der Waals surface area contributed by atoms with Gasteiger partial charge in [-0.2, -0.15) is 0 Å². The smallest absolute Gasteiger partial charge is 0.189 e. The number of nitrogens with zero attached hydrogens (tertiary/aromatic N) is 3. The van der Waals surface area contributed by atoms with Gasteiger partial charge in [0.15, 0.2) is 5.78 Å². The monoisotopic (exact) mass is 230 g/mol. The van der Waals surface area contributed by atoms with Gasteiger partial charge in [0.25, 0.3) is 0 Å². The number of ketones is 1. The number of carbonyl (C=O) groups excluding carboxylic acids is 1. The molecule has 0 unspecified atom stereocenters. The Bertz CT molecular complexity index is 492. The number of Topliss-reactive ketones (excluding diaryl/α,β-unsaturated/α-hetero) is 1. The molecule has 17 heavy (non-hydrogen) atoms. The van der Waals surface area contributed by atoms with Crippen molar-refractivity contribution in [2.45, 2.75) is 13.0 Å². The van der Waals surface area contributed by atoms with E-state index in [1.54, 1.807) is 10.9 Å². The van der Waals surface area contributed by atoms with Crippen molar-refractivity contribution in [3.63, 3.8) is 0 Å². The van der Waals surface area contributed by atoms with Gasteiger partial charge in [-0.15, -0.1) is 5.10 Å². The molecule has 5 nitrogen and oxygen atoms in total. The fourth-order valence-corrected chi connectivity index (χ4v) is 1.54. The zero-order chi connectivity index (χ0) is 12.1. The lowest BCUT2D eigenvalue weighted by Crippen LogP contribution is -2.10. The molecule has 0 bridgehead atoms.